The van der Waals surface area contributed by atoms with Crippen LogP contribution in [-0.2, 0) is 16.6 Å². The largest absolute Gasteiger partial charge is 0.464 e. The number of nitrogens with one attached hydrogen (secondary N) is 1. The number of nitrogens with zero attached hydrogens (tertiary/aromatic N) is 2. The molecule has 1 heterocycles. The number of esters is 1. The van der Waals surface area contributed by atoms with Crippen molar-refractivity contribution in [1.82, 2.24) is 9.78 Å². The minimum Gasteiger partial charge on any atom is -0.464 e. The van der Waals surface area contributed by atoms with Gasteiger partial charge in [0.25, 0.3) is 0 Å². The lowest BCUT2D eigenvalue weighted by Crippen LogP contribution is -2.24. The van der Waals surface area contributed by atoms with Crippen LogP contribution in [0.5, 0.6) is 0 Å². The van der Waals surface area contributed by atoms with Crippen molar-refractivity contribution in [3.63, 3.8) is 0 Å². The van der Waals surface area contributed by atoms with Crippen LogP contribution in [0.4, 0.5) is 5.69 Å². The van der Waals surface area contributed by atoms with E-state index in [0.29, 0.717) is 6.61 Å². The molecule has 0 aliphatic carbocycles. The van der Waals surface area contributed by atoms with Crippen LogP contribution >= 0.6 is 0 Å². The van der Waals surface area contributed by atoms with Gasteiger partial charge in [-0.05, 0) is 32.4 Å². The first-order valence-electron chi connectivity index (χ1n) is 7.02. The normalized spacial score (nSPS) is 12.0. The topological polar surface area (TPSA) is 56.1 Å². The molecular weight excluding hydrogens is 266 g/mol. The van der Waals surface area contributed by atoms with Gasteiger partial charge in [0.05, 0.1) is 12.8 Å². The summed E-state index contributed by atoms with van der Waals surface area (Å²) >= 11 is 0. The summed E-state index contributed by atoms with van der Waals surface area (Å²) in [6.45, 7) is 6.09. The molecule has 0 radical (unpaired) electrons. The molecule has 2 aromatic rings. The van der Waals surface area contributed by atoms with Crippen molar-refractivity contribution < 1.29 is 9.53 Å². The van der Waals surface area contributed by atoms with Crippen LogP contribution in [-0.4, -0.2) is 22.4 Å². The van der Waals surface area contributed by atoms with Gasteiger partial charge < -0.3 is 10.1 Å². The summed E-state index contributed by atoms with van der Waals surface area (Å²) in [7, 11) is 1.86. The second-order valence-corrected chi connectivity index (χ2v) is 4.95. The van der Waals surface area contributed by atoms with Crippen LogP contribution in [0, 0.1) is 13.8 Å². The lowest BCUT2D eigenvalue weighted by atomic mass is 10.1. The third-order valence-corrected chi connectivity index (χ3v) is 3.55. The van der Waals surface area contributed by atoms with Crippen molar-refractivity contribution in [3.05, 3.63) is 47.3 Å². The van der Waals surface area contributed by atoms with E-state index < -0.39 is 6.04 Å². The van der Waals surface area contributed by atoms with E-state index in [2.05, 4.69) is 10.4 Å². The van der Waals surface area contributed by atoms with Gasteiger partial charge in [0.15, 0.2) is 6.04 Å². The first kappa shape index (κ1) is 15.1. The lowest BCUT2D eigenvalue weighted by Gasteiger charge is -2.19. The van der Waals surface area contributed by atoms with Crippen LogP contribution < -0.4 is 5.32 Å². The molecule has 0 aliphatic rings. The molecule has 0 spiro atoms. The summed E-state index contributed by atoms with van der Waals surface area (Å²) in [5, 5.41) is 7.49. The average molecular weight is 287 g/mol. The number of aryl methyl sites for hydroxylation is 2. The minimum atomic E-state index is -0.556. The second kappa shape index (κ2) is 6.43. The molecule has 1 aromatic carbocycles. The Balaban J connectivity index is 2.35. The Labute approximate surface area is 124 Å². The molecule has 0 fully saturated rings. The van der Waals surface area contributed by atoms with Gasteiger partial charge in [-0.3, -0.25) is 4.68 Å². The maximum atomic E-state index is 12.3. The zero-order chi connectivity index (χ0) is 15.4. The van der Waals surface area contributed by atoms with Crippen molar-refractivity contribution in [3.8, 4) is 0 Å². The fourth-order valence-corrected chi connectivity index (χ4v) is 2.18. The fraction of sp³-hybridized carbons (Fsp3) is 0.375. The number of carbonyl (C=O) groups is 1. The van der Waals surface area contributed by atoms with Gasteiger partial charge in [-0.25, -0.2) is 4.79 Å². The first-order chi connectivity index (χ1) is 10.0. The number of rotatable bonds is 5. The van der Waals surface area contributed by atoms with Gasteiger partial charge in [-0.2, -0.15) is 5.10 Å². The van der Waals surface area contributed by atoms with Crippen LogP contribution in [0.2, 0.25) is 0 Å². The highest BCUT2D eigenvalue weighted by molar-refractivity contribution is 5.81. The summed E-state index contributed by atoms with van der Waals surface area (Å²) in [6.07, 6.45) is 1.71. The molecule has 0 aliphatic heterocycles. The van der Waals surface area contributed by atoms with E-state index in [1.807, 2.05) is 45.2 Å². The molecule has 0 saturated carbocycles. The molecule has 0 amide bonds. The van der Waals surface area contributed by atoms with Crippen molar-refractivity contribution in [2.24, 2.45) is 7.05 Å². The molecule has 0 bridgehead atoms. The van der Waals surface area contributed by atoms with Crippen molar-refractivity contribution in [1.29, 1.82) is 0 Å². The monoisotopic (exact) mass is 287 g/mol. The summed E-state index contributed by atoms with van der Waals surface area (Å²) in [5.41, 5.74) is 3.76. The third kappa shape index (κ3) is 3.24. The maximum absolute atomic E-state index is 12.3. The fourth-order valence-electron chi connectivity index (χ4n) is 2.18. The predicted molar refractivity (Wildman–Crippen MR) is 82.1 cm³/mol. The van der Waals surface area contributed by atoms with Gasteiger partial charge >= 0.3 is 5.97 Å². The van der Waals surface area contributed by atoms with Crippen molar-refractivity contribution >= 4 is 11.7 Å². The number of anilines is 1. The van der Waals surface area contributed by atoms with Crippen LogP contribution in [0.15, 0.2) is 30.5 Å². The molecular formula is C16H21N3O2. The van der Waals surface area contributed by atoms with Gasteiger partial charge in [0, 0.05) is 24.0 Å². The maximum Gasteiger partial charge on any atom is 0.333 e. The van der Waals surface area contributed by atoms with E-state index >= 15 is 0 Å². The second-order valence-electron chi connectivity index (χ2n) is 4.95. The number of hydrogen-bond acceptors (Lipinski definition) is 4. The molecule has 2 rings (SSSR count). The highest BCUT2D eigenvalue weighted by Crippen LogP contribution is 2.25. The molecule has 5 heteroatoms. The molecule has 0 saturated heterocycles. The van der Waals surface area contributed by atoms with E-state index in [9.17, 15) is 4.79 Å². The number of carbonyl (C=O) groups excluding carboxylic acids is 1. The Morgan fingerprint density at radius 2 is 2.10 bits per heavy atom. The van der Waals surface area contributed by atoms with E-state index in [0.717, 1.165) is 22.5 Å². The lowest BCUT2D eigenvalue weighted by molar-refractivity contribution is -0.144. The number of para-hydroxylation sites is 1. The highest BCUT2D eigenvalue weighted by atomic mass is 16.5. The van der Waals surface area contributed by atoms with E-state index in [1.54, 1.807) is 17.8 Å². The Morgan fingerprint density at radius 3 is 2.67 bits per heavy atom. The summed E-state index contributed by atoms with van der Waals surface area (Å²) in [6, 6.07) is 7.30. The van der Waals surface area contributed by atoms with Gasteiger partial charge in [0.1, 0.15) is 0 Å². The number of hydrogen-bond donors (Lipinski definition) is 1. The number of benzene rings is 1. The molecule has 21 heavy (non-hydrogen) atoms. The number of aromatic nitrogens is 2. The smallest absolute Gasteiger partial charge is 0.333 e. The quantitative estimate of drug-likeness (QED) is 0.859. The molecule has 1 atom stereocenters. The standard InChI is InChI=1S/C16H21N3O2/c1-5-21-16(20)15(13-10-17-19(4)12(13)3)18-14-9-7-6-8-11(14)2/h6-10,15,18H,5H2,1-4H3. The molecule has 1 unspecified atom stereocenters. The average Bonchev–Trinajstić information content (AvgIpc) is 2.78. The molecule has 1 N–H and O–H groups in total. The van der Waals surface area contributed by atoms with Crippen LogP contribution in [0.1, 0.15) is 29.8 Å². The summed E-state index contributed by atoms with van der Waals surface area (Å²) in [5.74, 6) is -0.295. The zero-order valence-electron chi connectivity index (χ0n) is 12.9. The number of ether oxygens (including phenoxy) is 1. The Kier molecular flexibility index (Phi) is 4.62. The van der Waals surface area contributed by atoms with E-state index in [-0.39, 0.29) is 5.97 Å². The van der Waals surface area contributed by atoms with Crippen LogP contribution in [0.25, 0.3) is 0 Å². The Morgan fingerprint density at radius 1 is 1.38 bits per heavy atom. The molecule has 5 nitrogen and oxygen atoms in total. The zero-order valence-corrected chi connectivity index (χ0v) is 12.9. The molecule has 1 aromatic heterocycles. The van der Waals surface area contributed by atoms with Gasteiger partial charge in [0.2, 0.25) is 0 Å². The van der Waals surface area contributed by atoms with Crippen molar-refractivity contribution in [2.45, 2.75) is 26.8 Å². The Bertz CT molecular complexity index is 634. The predicted octanol–water partition coefficient (Wildman–Crippen LogP) is 2.75. The van der Waals surface area contributed by atoms with E-state index in [4.69, 9.17) is 4.74 Å². The first-order valence-corrected chi connectivity index (χ1v) is 7.02. The van der Waals surface area contributed by atoms with Crippen LogP contribution in [0.3, 0.4) is 0 Å². The Hall–Kier alpha value is -2.30. The molecule has 112 valence electrons. The van der Waals surface area contributed by atoms with Gasteiger partial charge in [-0.1, -0.05) is 18.2 Å². The highest BCUT2D eigenvalue weighted by Gasteiger charge is 2.26. The van der Waals surface area contributed by atoms with E-state index in [1.165, 1.54) is 0 Å². The van der Waals surface area contributed by atoms with Gasteiger partial charge in [-0.15, -0.1) is 0 Å². The SMILES string of the molecule is CCOC(=O)C(Nc1ccccc1C)c1cnn(C)c1C. The third-order valence-electron chi connectivity index (χ3n) is 3.55. The van der Waals surface area contributed by atoms with Crippen molar-refractivity contribution in [2.75, 3.05) is 11.9 Å². The summed E-state index contributed by atoms with van der Waals surface area (Å²) < 4.78 is 6.95. The minimum absolute atomic E-state index is 0.295. The summed E-state index contributed by atoms with van der Waals surface area (Å²) in [4.78, 5) is 12.3.